The predicted octanol–water partition coefficient (Wildman–Crippen LogP) is -3.75. The Kier molecular flexibility index (Phi) is 9.16. The van der Waals surface area contributed by atoms with E-state index >= 15 is 0 Å². The van der Waals surface area contributed by atoms with Crippen LogP contribution in [-0.4, -0.2) is 29.5 Å². The fourth-order valence-electron chi connectivity index (χ4n) is 2.80. The van der Waals surface area contributed by atoms with Crippen molar-refractivity contribution in [1.29, 1.82) is 0 Å². The Balaban J connectivity index is 0.000000364. The van der Waals surface area contributed by atoms with Crippen LogP contribution in [0.2, 0.25) is 0 Å². The molecule has 0 aromatic rings. The van der Waals surface area contributed by atoms with Crippen molar-refractivity contribution in [3.8, 4) is 0 Å². The van der Waals surface area contributed by atoms with E-state index in [2.05, 4.69) is 11.5 Å². The van der Waals surface area contributed by atoms with Gasteiger partial charge in [-0.05, 0) is 63.2 Å². The number of carboxylic acid groups (broad SMARTS) is 2. The Morgan fingerprint density at radius 2 is 0.905 bits per heavy atom. The van der Waals surface area contributed by atoms with Crippen LogP contribution >= 0.6 is 0 Å². The summed E-state index contributed by atoms with van der Waals surface area (Å²) in [7, 11) is 0. The zero-order valence-corrected chi connectivity index (χ0v) is 12.5. The maximum Gasteiger partial charge on any atom is 0.0844 e. The molecule has 0 heterocycles. The van der Waals surface area contributed by atoms with Gasteiger partial charge in [0.15, 0.2) is 0 Å². The van der Waals surface area contributed by atoms with Gasteiger partial charge < -0.3 is 36.7 Å². The van der Waals surface area contributed by atoms with Crippen molar-refractivity contribution in [2.24, 2.45) is 11.8 Å². The minimum Gasteiger partial charge on any atom is -0.550 e. The fourth-order valence-corrected chi connectivity index (χ4v) is 2.80. The van der Waals surface area contributed by atoms with Gasteiger partial charge in [0.25, 0.3) is 0 Å². The lowest BCUT2D eigenvalue weighted by Crippen LogP contribution is -2.62. The van der Waals surface area contributed by atoms with Gasteiger partial charge in [0.1, 0.15) is 0 Å². The van der Waals surface area contributed by atoms with Crippen LogP contribution < -0.4 is 21.7 Å². The van der Waals surface area contributed by atoms with Gasteiger partial charge >= 0.3 is 0 Å². The minimum atomic E-state index is -0.882. The van der Waals surface area contributed by atoms with E-state index in [9.17, 15) is 19.8 Å². The molecule has 0 radical (unpaired) electrons. The average Bonchev–Trinajstić information content (AvgIpc) is 2.40. The molecule has 21 heavy (non-hydrogen) atoms. The van der Waals surface area contributed by atoms with Crippen LogP contribution in [0.25, 0.3) is 0 Å². The van der Waals surface area contributed by atoms with Gasteiger partial charge in [-0.3, -0.25) is 0 Å². The first-order valence-corrected chi connectivity index (χ1v) is 7.48. The lowest BCUT2D eigenvalue weighted by atomic mass is 9.87. The van der Waals surface area contributed by atoms with E-state index < -0.39 is 11.9 Å². The third-order valence-corrected chi connectivity index (χ3v) is 4.36. The maximum absolute atomic E-state index is 10.3. The Morgan fingerprint density at radius 1 is 0.667 bits per heavy atom. The molecule has 8 N–H and O–H groups in total. The van der Waals surface area contributed by atoms with Crippen molar-refractivity contribution in [1.82, 2.24) is 0 Å². The monoisotopic (exact) mass is 304 g/mol. The summed E-state index contributed by atoms with van der Waals surface area (Å²) >= 11 is 0. The zero-order valence-electron chi connectivity index (χ0n) is 12.5. The van der Waals surface area contributed by atoms with Gasteiger partial charge in [0, 0.05) is 11.9 Å². The van der Waals surface area contributed by atoms with Crippen molar-refractivity contribution in [2.75, 3.05) is 0 Å². The van der Waals surface area contributed by atoms with Gasteiger partial charge in [-0.25, -0.2) is 0 Å². The second-order valence-corrected chi connectivity index (χ2v) is 6.07. The second kappa shape index (κ2) is 9.70. The molecule has 0 spiro atoms. The summed E-state index contributed by atoms with van der Waals surface area (Å²) in [5, 5.41) is 20.7. The molecule has 2 aliphatic rings. The molecule has 0 aromatic carbocycles. The average molecular weight is 304 g/mol. The summed E-state index contributed by atoms with van der Waals surface area (Å²) in [6.45, 7) is 0. The van der Waals surface area contributed by atoms with E-state index in [1.54, 1.807) is 0 Å². The van der Waals surface area contributed by atoms with E-state index in [0.29, 0.717) is 12.1 Å². The number of hydrogen-bond acceptors (Lipinski definition) is 4. The quantitative estimate of drug-likeness (QED) is 0.534. The second-order valence-electron chi connectivity index (χ2n) is 6.07. The molecule has 0 unspecified atom stereocenters. The van der Waals surface area contributed by atoms with Gasteiger partial charge in [-0.1, -0.05) is 0 Å². The van der Waals surface area contributed by atoms with E-state index in [-0.39, 0.29) is 17.3 Å². The number of quaternary nitrogens is 2. The molecule has 124 valence electrons. The zero-order chi connectivity index (χ0) is 15.1. The molecule has 2 saturated carbocycles. The van der Waals surface area contributed by atoms with Gasteiger partial charge in [0.2, 0.25) is 0 Å². The molecule has 0 bridgehead atoms. The fraction of sp³-hybridized carbons (Fsp3) is 0.857. The molecule has 2 fully saturated rings. The number of hydrogen-bond donors (Lipinski definition) is 2. The molecular formula is C14H28N2O5. The highest BCUT2D eigenvalue weighted by Crippen LogP contribution is 2.21. The SMILES string of the molecule is O.[NH3+]C1CCC(C(=O)[O-])CC1.[NH3+]C1CCC(C(=O)[O-])CC1. The molecule has 0 atom stereocenters. The largest absolute Gasteiger partial charge is 0.550 e. The molecule has 2 rings (SSSR count). The number of aliphatic carboxylic acids is 2. The smallest absolute Gasteiger partial charge is 0.0844 e. The molecule has 0 amide bonds. The third-order valence-electron chi connectivity index (χ3n) is 4.36. The van der Waals surface area contributed by atoms with Crippen LogP contribution in [0.3, 0.4) is 0 Å². The van der Waals surface area contributed by atoms with Gasteiger partial charge in [0.05, 0.1) is 12.1 Å². The number of carboxylic acids is 2. The van der Waals surface area contributed by atoms with Crippen LogP contribution in [0.1, 0.15) is 51.4 Å². The normalized spacial score (nSPS) is 32.1. The number of rotatable bonds is 2. The Labute approximate surface area is 125 Å². The molecule has 7 heteroatoms. The molecular weight excluding hydrogens is 276 g/mol. The van der Waals surface area contributed by atoms with Gasteiger partial charge in [-0.15, -0.1) is 0 Å². The van der Waals surface area contributed by atoms with Crippen LogP contribution in [-0.2, 0) is 9.59 Å². The first-order valence-electron chi connectivity index (χ1n) is 7.48. The predicted molar refractivity (Wildman–Crippen MR) is 70.9 cm³/mol. The Morgan fingerprint density at radius 3 is 1.10 bits per heavy atom. The van der Waals surface area contributed by atoms with E-state index in [1.807, 2.05) is 0 Å². The van der Waals surface area contributed by atoms with E-state index in [1.165, 1.54) is 0 Å². The van der Waals surface area contributed by atoms with Crippen molar-refractivity contribution in [2.45, 2.75) is 63.5 Å². The summed E-state index contributed by atoms with van der Waals surface area (Å²) < 4.78 is 0. The summed E-state index contributed by atoms with van der Waals surface area (Å²) in [6, 6.07) is 0.936. The molecule has 2 aliphatic carbocycles. The van der Waals surface area contributed by atoms with Crippen LogP contribution in [0.4, 0.5) is 0 Å². The van der Waals surface area contributed by atoms with Gasteiger partial charge in [-0.2, -0.15) is 0 Å². The lowest BCUT2D eigenvalue weighted by molar-refractivity contribution is -0.427. The van der Waals surface area contributed by atoms with Crippen molar-refractivity contribution in [3.63, 3.8) is 0 Å². The topological polar surface area (TPSA) is 167 Å². The number of carbonyl (C=O) groups excluding carboxylic acids is 2. The summed E-state index contributed by atoms with van der Waals surface area (Å²) in [5.74, 6) is -2.16. The first kappa shape index (κ1) is 19.8. The molecule has 7 nitrogen and oxygen atoms in total. The Bertz CT molecular complexity index is 289. The summed E-state index contributed by atoms with van der Waals surface area (Å²) in [5.41, 5.74) is 7.76. The lowest BCUT2D eigenvalue weighted by Gasteiger charge is -2.24. The summed E-state index contributed by atoms with van der Waals surface area (Å²) in [6.07, 6.45) is 6.81. The van der Waals surface area contributed by atoms with Crippen LogP contribution in [0.5, 0.6) is 0 Å². The van der Waals surface area contributed by atoms with Crippen LogP contribution in [0, 0.1) is 11.8 Å². The van der Waals surface area contributed by atoms with Crippen molar-refractivity contribution < 1.29 is 36.7 Å². The standard InChI is InChI=1S/2C7H13NO2.H2O/c2*8-6-3-1-5(2-4-6)7(9)10;/h2*5-6H,1-4,8H2,(H,9,10);1H2. The van der Waals surface area contributed by atoms with E-state index in [0.717, 1.165) is 51.4 Å². The number of carbonyl (C=O) groups is 2. The molecule has 0 aliphatic heterocycles. The third kappa shape index (κ3) is 7.40. The first-order chi connectivity index (χ1) is 9.40. The van der Waals surface area contributed by atoms with Crippen molar-refractivity contribution >= 4 is 11.9 Å². The highest BCUT2D eigenvalue weighted by Gasteiger charge is 2.21. The highest BCUT2D eigenvalue weighted by atomic mass is 16.4. The maximum atomic E-state index is 10.3. The van der Waals surface area contributed by atoms with Crippen LogP contribution in [0.15, 0.2) is 0 Å². The Hall–Kier alpha value is -1.18. The van der Waals surface area contributed by atoms with E-state index in [4.69, 9.17) is 0 Å². The molecule has 0 saturated heterocycles. The summed E-state index contributed by atoms with van der Waals surface area (Å²) in [4.78, 5) is 20.7. The highest BCUT2D eigenvalue weighted by molar-refractivity contribution is 5.67. The minimum absolute atomic E-state index is 0. The molecule has 0 aromatic heterocycles. The van der Waals surface area contributed by atoms with Crippen molar-refractivity contribution in [3.05, 3.63) is 0 Å².